The van der Waals surface area contributed by atoms with Crippen molar-refractivity contribution >= 4 is 27.8 Å². The molecular weight excluding hydrogens is 310 g/mol. The van der Waals surface area contributed by atoms with Crippen LogP contribution in [0.5, 0.6) is 0 Å². The van der Waals surface area contributed by atoms with Crippen molar-refractivity contribution in [3.05, 3.63) is 28.7 Å². The summed E-state index contributed by atoms with van der Waals surface area (Å²) >= 11 is 3.44. The number of aromatic nitrogens is 3. The second kappa shape index (κ2) is 5.18. The Morgan fingerprint density at radius 1 is 1.26 bits per heavy atom. The summed E-state index contributed by atoms with van der Waals surface area (Å²) in [6.45, 7) is 2.99. The molecule has 0 aliphatic carbocycles. The van der Waals surface area contributed by atoms with Crippen molar-refractivity contribution < 1.29 is 4.74 Å². The van der Waals surface area contributed by atoms with E-state index in [0.717, 1.165) is 23.2 Å². The molecule has 0 saturated carbocycles. The van der Waals surface area contributed by atoms with Gasteiger partial charge in [-0.3, -0.25) is 0 Å². The molecule has 0 atom stereocenters. The van der Waals surface area contributed by atoms with Gasteiger partial charge in [-0.05, 0) is 18.2 Å². The zero-order chi connectivity index (χ0) is 13.2. The van der Waals surface area contributed by atoms with Crippen LogP contribution in [-0.4, -0.2) is 41.1 Å². The zero-order valence-corrected chi connectivity index (χ0v) is 11.9. The van der Waals surface area contributed by atoms with Crippen LogP contribution in [0.4, 0.5) is 11.9 Å². The normalized spacial score (nSPS) is 15.7. The number of morpholine rings is 1. The Hall–Kier alpha value is -1.60. The Morgan fingerprint density at radius 2 is 2.05 bits per heavy atom. The lowest BCUT2D eigenvalue weighted by Gasteiger charge is -2.25. The maximum absolute atomic E-state index is 5.95. The minimum absolute atomic E-state index is 0.389. The molecule has 19 heavy (non-hydrogen) atoms. The monoisotopic (exact) mass is 323 g/mol. The van der Waals surface area contributed by atoms with Crippen LogP contribution in [-0.2, 0) is 4.74 Å². The molecule has 1 aliphatic heterocycles. The molecule has 0 radical (unpaired) electrons. The lowest BCUT2D eigenvalue weighted by molar-refractivity contribution is 0.122. The number of halogens is 1. The van der Waals surface area contributed by atoms with Crippen molar-refractivity contribution in [2.45, 2.75) is 0 Å². The molecule has 2 aromatic rings. The second-order valence-electron chi connectivity index (χ2n) is 4.26. The average Bonchev–Trinajstić information content (AvgIpc) is 2.82. The minimum Gasteiger partial charge on any atom is -0.378 e. The summed E-state index contributed by atoms with van der Waals surface area (Å²) in [4.78, 5) is 6.40. The van der Waals surface area contributed by atoms with Gasteiger partial charge in [0.1, 0.15) is 0 Å². The zero-order valence-electron chi connectivity index (χ0n) is 10.3. The fourth-order valence-corrected chi connectivity index (χ4v) is 2.40. The van der Waals surface area contributed by atoms with E-state index in [1.165, 1.54) is 0 Å². The summed E-state index contributed by atoms with van der Waals surface area (Å²) in [6.07, 6.45) is 0. The average molecular weight is 324 g/mol. The first-order valence-corrected chi connectivity index (χ1v) is 6.84. The lowest BCUT2D eigenvalue weighted by atomic mass is 10.3. The van der Waals surface area contributed by atoms with Crippen molar-refractivity contribution in [3.8, 4) is 5.69 Å². The van der Waals surface area contributed by atoms with Crippen molar-refractivity contribution in [1.82, 2.24) is 14.8 Å². The maximum atomic E-state index is 5.95. The van der Waals surface area contributed by atoms with E-state index in [2.05, 4.69) is 30.9 Å². The Bertz CT molecular complexity index is 579. The van der Waals surface area contributed by atoms with E-state index in [1.807, 2.05) is 24.3 Å². The van der Waals surface area contributed by atoms with Crippen LogP contribution in [0.2, 0.25) is 0 Å². The van der Waals surface area contributed by atoms with Crippen molar-refractivity contribution in [2.75, 3.05) is 36.9 Å². The highest BCUT2D eigenvalue weighted by atomic mass is 79.9. The van der Waals surface area contributed by atoms with Crippen molar-refractivity contribution in [3.63, 3.8) is 0 Å². The summed E-state index contributed by atoms with van der Waals surface area (Å²) in [7, 11) is 0. The SMILES string of the molecule is Nc1nc(N2CCOCC2)nn1-c1cccc(Br)c1. The highest BCUT2D eigenvalue weighted by Gasteiger charge is 2.17. The summed E-state index contributed by atoms with van der Waals surface area (Å²) in [6, 6.07) is 7.79. The van der Waals surface area contributed by atoms with E-state index >= 15 is 0 Å². The highest BCUT2D eigenvalue weighted by Crippen LogP contribution is 2.20. The van der Waals surface area contributed by atoms with Crippen LogP contribution in [0.25, 0.3) is 5.69 Å². The molecule has 1 aromatic carbocycles. The van der Waals surface area contributed by atoms with E-state index in [0.29, 0.717) is 25.1 Å². The highest BCUT2D eigenvalue weighted by molar-refractivity contribution is 9.10. The molecule has 0 spiro atoms. The van der Waals surface area contributed by atoms with E-state index in [4.69, 9.17) is 10.5 Å². The lowest BCUT2D eigenvalue weighted by Crippen LogP contribution is -2.37. The number of nitrogens with two attached hydrogens (primary N) is 1. The molecule has 1 aliphatic rings. The number of nitrogens with zero attached hydrogens (tertiary/aromatic N) is 4. The molecule has 3 rings (SSSR count). The van der Waals surface area contributed by atoms with Gasteiger partial charge >= 0.3 is 0 Å². The Balaban J connectivity index is 1.92. The van der Waals surface area contributed by atoms with Gasteiger partial charge in [0.2, 0.25) is 11.9 Å². The first-order valence-electron chi connectivity index (χ1n) is 6.05. The number of anilines is 2. The van der Waals surface area contributed by atoms with Crippen molar-refractivity contribution in [2.24, 2.45) is 0 Å². The summed E-state index contributed by atoms with van der Waals surface area (Å²) in [5, 5.41) is 4.47. The minimum atomic E-state index is 0.389. The topological polar surface area (TPSA) is 69.2 Å². The van der Waals surface area contributed by atoms with Crippen LogP contribution in [0.3, 0.4) is 0 Å². The number of ether oxygens (including phenoxy) is 1. The Kier molecular flexibility index (Phi) is 3.39. The molecule has 1 fully saturated rings. The van der Waals surface area contributed by atoms with Gasteiger partial charge < -0.3 is 15.4 Å². The van der Waals surface area contributed by atoms with E-state index < -0.39 is 0 Å². The summed E-state index contributed by atoms with van der Waals surface area (Å²) in [5.41, 5.74) is 6.83. The van der Waals surface area contributed by atoms with Crippen LogP contribution < -0.4 is 10.6 Å². The molecule has 0 bridgehead atoms. The van der Waals surface area contributed by atoms with Crippen LogP contribution in [0, 0.1) is 0 Å². The standard InChI is InChI=1S/C12H14BrN5O/c13-9-2-1-3-10(8-9)18-11(14)15-12(16-18)17-4-6-19-7-5-17/h1-3,8H,4-7H2,(H2,14,15,16). The third kappa shape index (κ3) is 2.57. The molecule has 7 heteroatoms. The molecule has 1 saturated heterocycles. The van der Waals surface area contributed by atoms with Crippen molar-refractivity contribution in [1.29, 1.82) is 0 Å². The van der Waals surface area contributed by atoms with Gasteiger partial charge in [-0.1, -0.05) is 22.0 Å². The van der Waals surface area contributed by atoms with Gasteiger partial charge in [0.25, 0.3) is 0 Å². The quantitative estimate of drug-likeness (QED) is 0.905. The largest absolute Gasteiger partial charge is 0.378 e. The molecule has 6 nitrogen and oxygen atoms in total. The smallest absolute Gasteiger partial charge is 0.247 e. The number of hydrogen-bond donors (Lipinski definition) is 1. The predicted molar refractivity (Wildman–Crippen MR) is 76.5 cm³/mol. The third-order valence-corrected chi connectivity index (χ3v) is 3.46. The van der Waals surface area contributed by atoms with E-state index in [1.54, 1.807) is 4.68 Å². The van der Waals surface area contributed by atoms with Gasteiger partial charge in [0, 0.05) is 17.6 Å². The Morgan fingerprint density at radius 3 is 2.79 bits per heavy atom. The van der Waals surface area contributed by atoms with Gasteiger partial charge in [-0.25, -0.2) is 0 Å². The maximum Gasteiger partial charge on any atom is 0.247 e. The van der Waals surface area contributed by atoms with Gasteiger partial charge in [0.05, 0.1) is 18.9 Å². The second-order valence-corrected chi connectivity index (χ2v) is 5.18. The molecule has 1 aromatic heterocycles. The molecule has 100 valence electrons. The molecule has 2 heterocycles. The van der Waals surface area contributed by atoms with Gasteiger partial charge in [0.15, 0.2) is 0 Å². The third-order valence-electron chi connectivity index (χ3n) is 2.97. The van der Waals surface area contributed by atoms with Crippen LogP contribution >= 0.6 is 15.9 Å². The van der Waals surface area contributed by atoms with Gasteiger partial charge in [-0.15, -0.1) is 5.10 Å². The first kappa shape index (κ1) is 12.4. The summed E-state index contributed by atoms with van der Waals surface area (Å²) in [5.74, 6) is 1.04. The molecule has 0 amide bonds. The van der Waals surface area contributed by atoms with Gasteiger partial charge in [-0.2, -0.15) is 9.67 Å². The molecular formula is C12H14BrN5O. The first-order chi connectivity index (χ1) is 9.24. The predicted octanol–water partition coefficient (Wildman–Crippen LogP) is 1.45. The molecule has 0 unspecified atom stereocenters. The molecule has 2 N–H and O–H groups in total. The van der Waals surface area contributed by atoms with Crippen LogP contribution in [0.1, 0.15) is 0 Å². The van der Waals surface area contributed by atoms with E-state index in [9.17, 15) is 0 Å². The Labute approximate surface area is 119 Å². The number of benzene rings is 1. The number of nitrogen functional groups attached to an aromatic ring is 1. The van der Waals surface area contributed by atoms with Crippen LogP contribution in [0.15, 0.2) is 28.7 Å². The van der Waals surface area contributed by atoms with E-state index in [-0.39, 0.29) is 0 Å². The fraction of sp³-hybridized carbons (Fsp3) is 0.333. The summed E-state index contributed by atoms with van der Waals surface area (Å²) < 4.78 is 7.94. The number of rotatable bonds is 2. The number of hydrogen-bond acceptors (Lipinski definition) is 5. The fourth-order valence-electron chi connectivity index (χ4n) is 2.01.